The van der Waals surface area contributed by atoms with Crippen molar-refractivity contribution in [2.45, 2.75) is 12.3 Å². The van der Waals surface area contributed by atoms with Gasteiger partial charge in [-0.25, -0.2) is 4.79 Å². The van der Waals surface area contributed by atoms with E-state index in [0.29, 0.717) is 22.5 Å². The predicted octanol–water partition coefficient (Wildman–Crippen LogP) is 1.61. The first-order chi connectivity index (χ1) is 5.79. The Morgan fingerprint density at radius 1 is 1.75 bits per heavy atom. The first-order valence-corrected chi connectivity index (χ1v) is 5.23. The Balaban J connectivity index is 2.79. The molecule has 0 saturated heterocycles. The van der Waals surface area contributed by atoms with E-state index in [0.717, 1.165) is 11.5 Å². The molecule has 1 heterocycles. The van der Waals surface area contributed by atoms with E-state index < -0.39 is 0 Å². The molecule has 4 nitrogen and oxygen atoms in total. The SMILES string of the molecule is CCOC(=O)c1snnc1CBr. The standard InChI is InChI=1S/C6H7BrN2O2S/c1-2-11-6(10)5-4(3-7)8-9-12-5/h2-3H2,1H3. The second-order valence-corrected chi connectivity index (χ2v) is 3.22. The molecule has 12 heavy (non-hydrogen) atoms. The number of nitrogens with zero attached hydrogens (tertiary/aromatic N) is 2. The Labute approximate surface area is 82.2 Å². The van der Waals surface area contributed by atoms with Crippen LogP contribution in [-0.2, 0) is 10.1 Å². The van der Waals surface area contributed by atoms with Crippen molar-refractivity contribution in [3.05, 3.63) is 10.6 Å². The number of esters is 1. The third-order valence-electron chi connectivity index (χ3n) is 1.14. The lowest BCUT2D eigenvalue weighted by Gasteiger charge is -1.97. The van der Waals surface area contributed by atoms with Crippen LogP contribution in [0.2, 0.25) is 0 Å². The van der Waals surface area contributed by atoms with Crippen molar-refractivity contribution in [2.24, 2.45) is 0 Å². The summed E-state index contributed by atoms with van der Waals surface area (Å²) in [7, 11) is 0. The van der Waals surface area contributed by atoms with Crippen LogP contribution in [0.15, 0.2) is 0 Å². The highest BCUT2D eigenvalue weighted by Gasteiger charge is 2.15. The molecule has 0 bridgehead atoms. The maximum Gasteiger partial charge on any atom is 0.351 e. The topological polar surface area (TPSA) is 52.1 Å². The number of aromatic nitrogens is 2. The van der Waals surface area contributed by atoms with E-state index in [1.54, 1.807) is 6.92 Å². The molecule has 0 unspecified atom stereocenters. The average Bonchev–Trinajstić information content (AvgIpc) is 2.51. The molecule has 0 fully saturated rings. The van der Waals surface area contributed by atoms with E-state index in [2.05, 4.69) is 25.5 Å². The zero-order valence-electron chi connectivity index (χ0n) is 6.41. The summed E-state index contributed by atoms with van der Waals surface area (Å²) in [5.74, 6) is -0.345. The Morgan fingerprint density at radius 2 is 2.50 bits per heavy atom. The Bertz CT molecular complexity index is 276. The molecule has 1 aromatic heterocycles. The summed E-state index contributed by atoms with van der Waals surface area (Å²) in [5.41, 5.74) is 0.637. The van der Waals surface area contributed by atoms with Gasteiger partial charge in [0.25, 0.3) is 0 Å². The molecular formula is C6H7BrN2O2S. The summed E-state index contributed by atoms with van der Waals surface area (Å²) < 4.78 is 8.46. The smallest absolute Gasteiger partial charge is 0.351 e. The van der Waals surface area contributed by atoms with Gasteiger partial charge >= 0.3 is 5.97 Å². The van der Waals surface area contributed by atoms with Gasteiger partial charge in [-0.2, -0.15) is 0 Å². The number of rotatable bonds is 3. The van der Waals surface area contributed by atoms with E-state index in [-0.39, 0.29) is 5.97 Å². The highest BCUT2D eigenvalue weighted by molar-refractivity contribution is 9.08. The van der Waals surface area contributed by atoms with E-state index in [1.165, 1.54) is 0 Å². The van der Waals surface area contributed by atoms with Crippen molar-refractivity contribution in [3.8, 4) is 0 Å². The van der Waals surface area contributed by atoms with Gasteiger partial charge in [-0.05, 0) is 18.5 Å². The first kappa shape index (κ1) is 9.60. The maximum atomic E-state index is 11.2. The van der Waals surface area contributed by atoms with Crippen LogP contribution in [0.3, 0.4) is 0 Å². The number of hydrogen-bond acceptors (Lipinski definition) is 5. The third kappa shape index (κ3) is 2.01. The normalized spacial score (nSPS) is 9.83. The quantitative estimate of drug-likeness (QED) is 0.605. The number of alkyl halides is 1. The van der Waals surface area contributed by atoms with Crippen LogP contribution in [0.4, 0.5) is 0 Å². The van der Waals surface area contributed by atoms with Crippen LogP contribution in [0, 0.1) is 0 Å². The lowest BCUT2D eigenvalue weighted by molar-refractivity contribution is 0.0531. The number of halogens is 1. The van der Waals surface area contributed by atoms with Gasteiger partial charge in [0, 0.05) is 5.33 Å². The number of hydrogen-bond donors (Lipinski definition) is 0. The van der Waals surface area contributed by atoms with Crippen molar-refractivity contribution < 1.29 is 9.53 Å². The Kier molecular flexibility index (Phi) is 3.61. The molecule has 0 saturated carbocycles. The minimum Gasteiger partial charge on any atom is -0.462 e. The van der Waals surface area contributed by atoms with Crippen molar-refractivity contribution >= 4 is 33.4 Å². The molecule has 1 rings (SSSR count). The van der Waals surface area contributed by atoms with Gasteiger partial charge in [0.2, 0.25) is 0 Å². The fraction of sp³-hybridized carbons (Fsp3) is 0.500. The van der Waals surface area contributed by atoms with Crippen molar-refractivity contribution in [3.63, 3.8) is 0 Å². The molecule has 0 spiro atoms. The minimum atomic E-state index is -0.345. The number of carbonyl (C=O) groups excluding carboxylic acids is 1. The lowest BCUT2D eigenvalue weighted by atomic mass is 10.4. The third-order valence-corrected chi connectivity index (χ3v) is 2.42. The molecule has 66 valence electrons. The fourth-order valence-electron chi connectivity index (χ4n) is 0.648. The molecule has 0 aliphatic heterocycles. The van der Waals surface area contributed by atoms with Crippen LogP contribution in [0.5, 0.6) is 0 Å². The Hall–Kier alpha value is -0.490. The second kappa shape index (κ2) is 4.51. The molecule has 1 aromatic rings. The first-order valence-electron chi connectivity index (χ1n) is 3.34. The zero-order valence-corrected chi connectivity index (χ0v) is 8.81. The van der Waals surface area contributed by atoms with E-state index in [1.807, 2.05) is 0 Å². The second-order valence-electron chi connectivity index (χ2n) is 1.90. The molecule has 0 aromatic carbocycles. The van der Waals surface area contributed by atoms with Crippen molar-refractivity contribution in [1.82, 2.24) is 9.59 Å². The van der Waals surface area contributed by atoms with Crippen molar-refractivity contribution in [2.75, 3.05) is 6.61 Å². The molecule has 0 aliphatic carbocycles. The van der Waals surface area contributed by atoms with E-state index >= 15 is 0 Å². The lowest BCUT2D eigenvalue weighted by Crippen LogP contribution is -2.04. The van der Waals surface area contributed by atoms with Crippen LogP contribution in [0.1, 0.15) is 22.3 Å². The average molecular weight is 251 g/mol. The van der Waals surface area contributed by atoms with Crippen LogP contribution in [-0.4, -0.2) is 22.2 Å². The molecule has 6 heteroatoms. The maximum absolute atomic E-state index is 11.2. The molecule has 0 N–H and O–H groups in total. The van der Waals surface area contributed by atoms with Crippen LogP contribution >= 0.6 is 27.5 Å². The summed E-state index contributed by atoms with van der Waals surface area (Å²) in [4.78, 5) is 11.7. The molecule has 0 aliphatic rings. The fourth-order valence-corrected chi connectivity index (χ4v) is 1.80. The van der Waals surface area contributed by atoms with Gasteiger partial charge in [-0.1, -0.05) is 20.4 Å². The largest absolute Gasteiger partial charge is 0.462 e. The molecule has 0 radical (unpaired) electrons. The van der Waals surface area contributed by atoms with Crippen molar-refractivity contribution in [1.29, 1.82) is 0 Å². The minimum absolute atomic E-state index is 0.345. The summed E-state index contributed by atoms with van der Waals surface area (Å²) in [6.07, 6.45) is 0. The van der Waals surface area contributed by atoms with Gasteiger partial charge in [0.05, 0.1) is 6.61 Å². The van der Waals surface area contributed by atoms with Gasteiger partial charge in [-0.3, -0.25) is 0 Å². The summed E-state index contributed by atoms with van der Waals surface area (Å²) in [6.45, 7) is 2.14. The zero-order chi connectivity index (χ0) is 8.97. The monoisotopic (exact) mass is 250 g/mol. The Morgan fingerprint density at radius 3 is 3.08 bits per heavy atom. The number of carbonyl (C=O) groups is 1. The van der Waals surface area contributed by atoms with Gasteiger partial charge < -0.3 is 4.74 Å². The summed E-state index contributed by atoms with van der Waals surface area (Å²) in [6, 6.07) is 0. The molecule has 0 amide bonds. The number of ether oxygens (including phenoxy) is 1. The molecule has 0 atom stereocenters. The summed E-state index contributed by atoms with van der Waals surface area (Å²) >= 11 is 4.26. The predicted molar refractivity (Wildman–Crippen MR) is 48.5 cm³/mol. The highest BCUT2D eigenvalue weighted by atomic mass is 79.9. The van der Waals surface area contributed by atoms with E-state index in [4.69, 9.17) is 4.74 Å². The van der Waals surface area contributed by atoms with E-state index in [9.17, 15) is 4.79 Å². The van der Waals surface area contributed by atoms with Crippen LogP contribution in [0.25, 0.3) is 0 Å². The molecular weight excluding hydrogens is 244 g/mol. The highest BCUT2D eigenvalue weighted by Crippen LogP contribution is 2.14. The van der Waals surface area contributed by atoms with Crippen LogP contribution < -0.4 is 0 Å². The van der Waals surface area contributed by atoms with Gasteiger partial charge in [0.1, 0.15) is 5.69 Å². The van der Waals surface area contributed by atoms with Gasteiger partial charge in [0.15, 0.2) is 4.88 Å². The van der Waals surface area contributed by atoms with Gasteiger partial charge in [-0.15, -0.1) is 5.10 Å². The summed E-state index contributed by atoms with van der Waals surface area (Å²) in [5, 5.41) is 4.28.